The molecule has 0 aliphatic heterocycles. The van der Waals surface area contributed by atoms with Crippen LogP contribution in [0.15, 0.2) is 43.0 Å². The van der Waals surface area contributed by atoms with E-state index in [1.807, 2.05) is 6.08 Å². The summed E-state index contributed by atoms with van der Waals surface area (Å²) >= 11 is 0. The number of rotatable bonds is 5. The molecule has 0 heterocycles. The number of fused-ring (bicyclic) bond motifs is 1. The molecule has 2 fully saturated rings. The fourth-order valence-electron chi connectivity index (χ4n) is 5.77. The molecule has 2 aliphatic carbocycles. The molecule has 2 aliphatic rings. The molecule has 0 N–H and O–H groups in total. The van der Waals surface area contributed by atoms with Crippen molar-refractivity contribution in [3.05, 3.63) is 71.6 Å². The Labute approximate surface area is 182 Å². The van der Waals surface area contributed by atoms with Crippen molar-refractivity contribution in [1.82, 2.24) is 0 Å². The minimum atomic E-state index is -0.773. The van der Waals surface area contributed by atoms with Gasteiger partial charge in [-0.2, -0.15) is 5.26 Å². The molecule has 0 saturated heterocycles. The number of nitrogens with zero attached hydrogens (tertiary/aromatic N) is 1. The Kier molecular flexibility index (Phi) is 6.51. The summed E-state index contributed by atoms with van der Waals surface area (Å²) in [6, 6.07) is 8.24. The summed E-state index contributed by atoms with van der Waals surface area (Å²) in [5, 5.41) is 8.86. The third-order valence-corrected chi connectivity index (χ3v) is 7.41. The summed E-state index contributed by atoms with van der Waals surface area (Å²) in [4.78, 5) is 0. The van der Waals surface area contributed by atoms with Crippen LogP contribution in [0, 0.1) is 46.5 Å². The Hall–Kier alpha value is -2.54. The van der Waals surface area contributed by atoms with Crippen LogP contribution in [-0.2, 0) is 0 Å². The topological polar surface area (TPSA) is 23.8 Å². The monoisotopic (exact) mass is 423 g/mol. The molecule has 0 radical (unpaired) electrons. The van der Waals surface area contributed by atoms with Crippen molar-refractivity contribution in [1.29, 1.82) is 5.26 Å². The molecule has 0 bridgehead atoms. The normalized spacial score (nSPS) is 25.5. The second-order valence-electron chi connectivity index (χ2n) is 9.24. The molecule has 31 heavy (non-hydrogen) atoms. The van der Waals surface area contributed by atoms with E-state index in [9.17, 15) is 13.2 Å². The predicted molar refractivity (Wildman–Crippen MR) is 117 cm³/mol. The Bertz CT molecular complexity index is 983. The zero-order valence-electron chi connectivity index (χ0n) is 17.7. The lowest BCUT2D eigenvalue weighted by Crippen LogP contribution is -2.30. The summed E-state index contributed by atoms with van der Waals surface area (Å²) in [5.74, 6) is 0.209. The molecule has 0 aromatic heterocycles. The van der Waals surface area contributed by atoms with Gasteiger partial charge in [0.15, 0.2) is 0 Å². The van der Waals surface area contributed by atoms with E-state index in [0.717, 1.165) is 43.6 Å². The molecule has 2 aromatic carbocycles. The van der Waals surface area contributed by atoms with Gasteiger partial charge >= 0.3 is 0 Å². The highest BCUT2D eigenvalue weighted by Crippen LogP contribution is 2.48. The van der Waals surface area contributed by atoms with Gasteiger partial charge in [-0.15, -0.1) is 6.58 Å². The molecular weight excluding hydrogens is 395 g/mol. The maximum absolute atomic E-state index is 14.9. The molecule has 4 heteroatoms. The molecule has 4 rings (SSSR count). The van der Waals surface area contributed by atoms with Gasteiger partial charge in [0.1, 0.15) is 23.5 Å². The minimum Gasteiger partial charge on any atom is -0.206 e. The van der Waals surface area contributed by atoms with Crippen LogP contribution in [0.2, 0.25) is 0 Å². The van der Waals surface area contributed by atoms with E-state index >= 15 is 0 Å². The van der Waals surface area contributed by atoms with E-state index in [4.69, 9.17) is 5.26 Å². The average molecular weight is 424 g/mol. The second kappa shape index (κ2) is 9.30. The molecule has 1 nitrogen and oxygen atoms in total. The highest BCUT2D eigenvalue weighted by Gasteiger charge is 2.36. The first-order chi connectivity index (χ1) is 15.0. The number of nitriles is 1. The van der Waals surface area contributed by atoms with Crippen molar-refractivity contribution >= 4 is 0 Å². The third-order valence-electron chi connectivity index (χ3n) is 7.41. The first kappa shape index (κ1) is 21.7. The van der Waals surface area contributed by atoms with Crippen molar-refractivity contribution in [2.75, 3.05) is 0 Å². The van der Waals surface area contributed by atoms with Crippen molar-refractivity contribution in [2.45, 2.75) is 57.3 Å². The number of hydrogen-bond acceptors (Lipinski definition) is 1. The van der Waals surface area contributed by atoms with Gasteiger partial charge in [-0.3, -0.25) is 0 Å². The van der Waals surface area contributed by atoms with Crippen molar-refractivity contribution in [3.63, 3.8) is 0 Å². The SMILES string of the molecule is C=CCCC1CCC2CC(c3cc(F)c(-c4ccc(C#N)c(F)c4)c(F)c3)CCC2C1. The van der Waals surface area contributed by atoms with Crippen molar-refractivity contribution < 1.29 is 13.2 Å². The molecule has 0 amide bonds. The number of halogens is 3. The first-order valence-corrected chi connectivity index (χ1v) is 11.3. The Morgan fingerprint density at radius 3 is 2.32 bits per heavy atom. The quantitative estimate of drug-likeness (QED) is 0.448. The smallest absolute Gasteiger partial charge is 0.141 e. The molecular formula is C27H28F3N. The van der Waals surface area contributed by atoms with Crippen LogP contribution in [-0.4, -0.2) is 0 Å². The molecule has 2 saturated carbocycles. The van der Waals surface area contributed by atoms with Crippen LogP contribution in [0.5, 0.6) is 0 Å². The first-order valence-electron chi connectivity index (χ1n) is 11.3. The minimum absolute atomic E-state index is 0.111. The van der Waals surface area contributed by atoms with Crippen LogP contribution in [0.3, 0.4) is 0 Å². The van der Waals surface area contributed by atoms with Crippen molar-refractivity contribution in [2.24, 2.45) is 17.8 Å². The van der Waals surface area contributed by atoms with Gasteiger partial charge in [-0.25, -0.2) is 13.2 Å². The highest BCUT2D eigenvalue weighted by atomic mass is 19.1. The molecule has 0 spiro atoms. The van der Waals surface area contributed by atoms with Crippen molar-refractivity contribution in [3.8, 4) is 17.2 Å². The summed E-state index contributed by atoms with van der Waals surface area (Å²) < 4.78 is 43.8. The Balaban J connectivity index is 1.50. The van der Waals surface area contributed by atoms with Crippen LogP contribution < -0.4 is 0 Å². The van der Waals surface area contributed by atoms with E-state index in [0.29, 0.717) is 11.5 Å². The lowest BCUT2D eigenvalue weighted by atomic mass is 9.63. The van der Waals surface area contributed by atoms with Gasteiger partial charge in [0.25, 0.3) is 0 Å². The number of benzene rings is 2. The zero-order valence-corrected chi connectivity index (χ0v) is 17.7. The van der Waals surface area contributed by atoms with E-state index < -0.39 is 17.5 Å². The number of hydrogen-bond donors (Lipinski definition) is 0. The Morgan fingerprint density at radius 2 is 1.65 bits per heavy atom. The molecule has 2 aromatic rings. The summed E-state index contributed by atoms with van der Waals surface area (Å²) in [6.07, 6.45) is 11.1. The van der Waals surface area contributed by atoms with Gasteiger partial charge in [0.05, 0.1) is 11.1 Å². The molecule has 4 unspecified atom stereocenters. The van der Waals surface area contributed by atoms with Gasteiger partial charge in [-0.1, -0.05) is 18.6 Å². The highest BCUT2D eigenvalue weighted by molar-refractivity contribution is 5.66. The van der Waals surface area contributed by atoms with Crippen LogP contribution in [0.25, 0.3) is 11.1 Å². The largest absolute Gasteiger partial charge is 0.206 e. The lowest BCUT2D eigenvalue weighted by Gasteiger charge is -2.42. The second-order valence-corrected chi connectivity index (χ2v) is 9.24. The van der Waals surface area contributed by atoms with Crippen LogP contribution >= 0.6 is 0 Å². The van der Waals surface area contributed by atoms with E-state index in [1.165, 1.54) is 49.9 Å². The fraction of sp³-hybridized carbons (Fsp3) is 0.444. The standard InChI is InChI=1S/C27H28F3N/c1-2-3-4-17-5-6-19-12-20(8-7-18(19)11-17)23-14-25(29)27(26(30)15-23)21-9-10-22(16-31)24(28)13-21/h2,9-10,13-15,17-20H,1,3-8,11-12H2. The predicted octanol–water partition coefficient (Wildman–Crippen LogP) is 7.91. The van der Waals surface area contributed by atoms with Gasteiger partial charge < -0.3 is 0 Å². The third kappa shape index (κ3) is 4.56. The lowest BCUT2D eigenvalue weighted by molar-refractivity contribution is 0.115. The van der Waals surface area contributed by atoms with Crippen LogP contribution in [0.1, 0.15) is 68.4 Å². The number of allylic oxidation sites excluding steroid dienone is 1. The molecule has 162 valence electrons. The zero-order chi connectivity index (χ0) is 22.0. The van der Waals surface area contributed by atoms with E-state index in [2.05, 4.69) is 6.58 Å². The van der Waals surface area contributed by atoms with Gasteiger partial charge in [-0.05, 0) is 104 Å². The van der Waals surface area contributed by atoms with Gasteiger partial charge in [0, 0.05) is 0 Å². The van der Waals surface area contributed by atoms with Gasteiger partial charge in [0.2, 0.25) is 0 Å². The maximum atomic E-state index is 14.9. The van der Waals surface area contributed by atoms with E-state index in [1.54, 1.807) is 6.07 Å². The Morgan fingerprint density at radius 1 is 0.935 bits per heavy atom. The average Bonchev–Trinajstić information content (AvgIpc) is 2.77. The van der Waals surface area contributed by atoms with Crippen LogP contribution in [0.4, 0.5) is 13.2 Å². The van der Waals surface area contributed by atoms with E-state index in [-0.39, 0.29) is 22.6 Å². The molecule has 4 atom stereocenters. The summed E-state index contributed by atoms with van der Waals surface area (Å²) in [7, 11) is 0. The fourth-order valence-corrected chi connectivity index (χ4v) is 5.77. The maximum Gasteiger partial charge on any atom is 0.141 e. The summed E-state index contributed by atoms with van der Waals surface area (Å²) in [6.45, 7) is 3.83. The summed E-state index contributed by atoms with van der Waals surface area (Å²) in [5.41, 5.74) is 0.445.